The van der Waals surface area contributed by atoms with Gasteiger partial charge in [-0.2, -0.15) is 0 Å². The summed E-state index contributed by atoms with van der Waals surface area (Å²) in [5.41, 5.74) is 1.79. The number of hydrogen-bond donors (Lipinski definition) is 0. The second-order valence-corrected chi connectivity index (χ2v) is 3.98. The van der Waals surface area contributed by atoms with Crippen molar-refractivity contribution < 1.29 is 4.42 Å². The summed E-state index contributed by atoms with van der Waals surface area (Å²) in [4.78, 5) is 8.46. The Balaban J connectivity index is 2.14. The summed E-state index contributed by atoms with van der Waals surface area (Å²) < 4.78 is 5.08. The number of rotatable bonds is 2. The molecule has 0 spiro atoms. The first-order valence-electron chi connectivity index (χ1n) is 4.26. The van der Waals surface area contributed by atoms with Gasteiger partial charge < -0.3 is 4.42 Å². The molecule has 72 valence electrons. The number of oxazole rings is 1. The van der Waals surface area contributed by atoms with Gasteiger partial charge in [0.15, 0.2) is 5.89 Å². The van der Waals surface area contributed by atoms with E-state index in [1.54, 1.807) is 17.6 Å². The van der Waals surface area contributed by atoms with Crippen molar-refractivity contribution in [2.75, 3.05) is 0 Å². The summed E-state index contributed by atoms with van der Waals surface area (Å²) in [5, 5.41) is 3.08. The minimum Gasteiger partial charge on any atom is -0.449 e. The van der Waals surface area contributed by atoms with E-state index in [0.717, 1.165) is 16.4 Å². The Morgan fingerprint density at radius 3 is 2.57 bits per heavy atom. The average molecular weight is 206 g/mol. The van der Waals surface area contributed by atoms with Crippen LogP contribution in [0.4, 0.5) is 0 Å². The third-order valence-corrected chi connectivity index (χ3v) is 2.49. The molecule has 0 amide bonds. The van der Waals surface area contributed by atoms with Gasteiger partial charge in [-0.05, 0) is 19.1 Å². The van der Waals surface area contributed by atoms with Gasteiger partial charge in [0, 0.05) is 12.3 Å². The summed E-state index contributed by atoms with van der Waals surface area (Å²) >= 11 is 1.64. The maximum Gasteiger partial charge on any atom is 0.191 e. The molecule has 0 aliphatic rings. The summed E-state index contributed by atoms with van der Waals surface area (Å²) in [6.45, 7) is 3.81. The first-order chi connectivity index (χ1) is 6.74. The van der Waals surface area contributed by atoms with E-state index in [2.05, 4.69) is 9.97 Å². The third kappa shape index (κ3) is 2.09. The molecule has 0 N–H and O–H groups in total. The minimum atomic E-state index is 0.680. The second-order valence-electron chi connectivity index (χ2n) is 2.92. The zero-order valence-electron chi connectivity index (χ0n) is 8.02. The van der Waals surface area contributed by atoms with E-state index in [9.17, 15) is 0 Å². The van der Waals surface area contributed by atoms with E-state index in [4.69, 9.17) is 4.42 Å². The highest BCUT2D eigenvalue weighted by Crippen LogP contribution is 2.11. The number of aryl methyl sites for hydroxylation is 2. The molecule has 2 rings (SSSR count). The summed E-state index contributed by atoms with van der Waals surface area (Å²) in [5.74, 6) is 0.680. The zero-order valence-corrected chi connectivity index (χ0v) is 8.84. The highest BCUT2D eigenvalue weighted by atomic mass is 32.1. The molecule has 0 saturated heterocycles. The Kier molecular flexibility index (Phi) is 2.45. The smallest absolute Gasteiger partial charge is 0.191 e. The molecule has 0 unspecified atom stereocenters. The van der Waals surface area contributed by atoms with Crippen LogP contribution in [0.25, 0.3) is 12.2 Å². The molecular formula is C10H10N2OS. The molecule has 2 aromatic rings. The molecule has 3 nitrogen and oxygen atoms in total. The fraction of sp³-hybridized carbons (Fsp3) is 0.200. The molecule has 2 heterocycles. The van der Waals surface area contributed by atoms with E-state index in [-0.39, 0.29) is 0 Å². The molecule has 2 aromatic heterocycles. The normalized spacial score (nSPS) is 11.3. The van der Waals surface area contributed by atoms with Gasteiger partial charge in [0.05, 0.1) is 10.7 Å². The number of nitrogens with zero attached hydrogens (tertiary/aromatic N) is 2. The van der Waals surface area contributed by atoms with Crippen LogP contribution in [-0.4, -0.2) is 9.97 Å². The molecule has 0 aliphatic carbocycles. The SMILES string of the molecule is Cc1nc(C=Cc2csc(C)n2)co1. The van der Waals surface area contributed by atoms with E-state index in [1.807, 2.05) is 31.4 Å². The molecule has 4 heteroatoms. The maximum absolute atomic E-state index is 5.08. The molecule has 0 aromatic carbocycles. The van der Waals surface area contributed by atoms with Crippen molar-refractivity contribution in [2.45, 2.75) is 13.8 Å². The molecule has 0 fully saturated rings. The summed E-state index contributed by atoms with van der Waals surface area (Å²) in [6, 6.07) is 0. The lowest BCUT2D eigenvalue weighted by Crippen LogP contribution is -1.73. The topological polar surface area (TPSA) is 38.9 Å². The summed E-state index contributed by atoms with van der Waals surface area (Å²) in [6.07, 6.45) is 5.46. The first-order valence-corrected chi connectivity index (χ1v) is 5.14. The Bertz CT molecular complexity index is 414. The second kappa shape index (κ2) is 3.75. The van der Waals surface area contributed by atoms with Gasteiger partial charge in [-0.25, -0.2) is 9.97 Å². The monoisotopic (exact) mass is 206 g/mol. The molecule has 14 heavy (non-hydrogen) atoms. The van der Waals surface area contributed by atoms with Gasteiger partial charge in [0.25, 0.3) is 0 Å². The van der Waals surface area contributed by atoms with Gasteiger partial charge in [-0.15, -0.1) is 11.3 Å². The molecule has 0 aliphatic heterocycles. The van der Waals surface area contributed by atoms with Crippen molar-refractivity contribution in [3.05, 3.63) is 33.9 Å². The van der Waals surface area contributed by atoms with Crippen LogP contribution in [0, 0.1) is 13.8 Å². The predicted molar refractivity (Wildman–Crippen MR) is 57.0 cm³/mol. The molecule has 0 atom stereocenters. The van der Waals surface area contributed by atoms with Gasteiger partial charge in [-0.1, -0.05) is 0 Å². The molecule has 0 bridgehead atoms. The number of thiazole rings is 1. The van der Waals surface area contributed by atoms with E-state index in [0.29, 0.717) is 5.89 Å². The zero-order chi connectivity index (χ0) is 9.97. The van der Waals surface area contributed by atoms with E-state index >= 15 is 0 Å². The molecule has 0 radical (unpaired) electrons. The Labute approximate surface area is 86.1 Å². The lowest BCUT2D eigenvalue weighted by atomic mass is 10.3. The first kappa shape index (κ1) is 9.15. The molecular weight excluding hydrogens is 196 g/mol. The van der Waals surface area contributed by atoms with Crippen LogP contribution in [0.1, 0.15) is 22.3 Å². The Hall–Kier alpha value is -1.42. The van der Waals surface area contributed by atoms with Crippen molar-refractivity contribution >= 4 is 23.5 Å². The lowest BCUT2D eigenvalue weighted by Gasteiger charge is -1.81. The fourth-order valence-electron chi connectivity index (χ4n) is 1.08. The quantitative estimate of drug-likeness (QED) is 0.758. The standard InChI is InChI=1S/C10H10N2OS/c1-7-11-9(5-13-7)3-4-10-6-14-8(2)12-10/h3-6H,1-2H3. The number of hydrogen-bond acceptors (Lipinski definition) is 4. The lowest BCUT2D eigenvalue weighted by molar-refractivity contribution is 0.521. The van der Waals surface area contributed by atoms with Gasteiger partial charge in [0.1, 0.15) is 12.0 Å². The maximum atomic E-state index is 5.08. The highest BCUT2D eigenvalue weighted by molar-refractivity contribution is 7.09. The number of aromatic nitrogens is 2. The van der Waals surface area contributed by atoms with Crippen molar-refractivity contribution in [3.8, 4) is 0 Å². The van der Waals surface area contributed by atoms with Crippen molar-refractivity contribution in [1.82, 2.24) is 9.97 Å². The highest BCUT2D eigenvalue weighted by Gasteiger charge is 1.96. The molecule has 0 saturated carbocycles. The Morgan fingerprint density at radius 1 is 1.21 bits per heavy atom. The van der Waals surface area contributed by atoms with Crippen molar-refractivity contribution in [1.29, 1.82) is 0 Å². The van der Waals surface area contributed by atoms with Crippen LogP contribution in [0.3, 0.4) is 0 Å². The summed E-state index contributed by atoms with van der Waals surface area (Å²) in [7, 11) is 0. The van der Waals surface area contributed by atoms with Gasteiger partial charge >= 0.3 is 0 Å². The van der Waals surface area contributed by atoms with Crippen LogP contribution < -0.4 is 0 Å². The fourth-order valence-corrected chi connectivity index (χ4v) is 1.66. The van der Waals surface area contributed by atoms with Crippen molar-refractivity contribution in [2.24, 2.45) is 0 Å². The van der Waals surface area contributed by atoms with Crippen LogP contribution >= 0.6 is 11.3 Å². The van der Waals surface area contributed by atoms with Gasteiger partial charge in [-0.3, -0.25) is 0 Å². The third-order valence-electron chi connectivity index (χ3n) is 1.70. The minimum absolute atomic E-state index is 0.680. The van der Waals surface area contributed by atoms with Crippen LogP contribution in [0.2, 0.25) is 0 Å². The Morgan fingerprint density at radius 2 is 2.00 bits per heavy atom. The van der Waals surface area contributed by atoms with Crippen molar-refractivity contribution in [3.63, 3.8) is 0 Å². The van der Waals surface area contributed by atoms with E-state index in [1.165, 1.54) is 0 Å². The van der Waals surface area contributed by atoms with E-state index < -0.39 is 0 Å². The van der Waals surface area contributed by atoms with Gasteiger partial charge in [0.2, 0.25) is 0 Å². The largest absolute Gasteiger partial charge is 0.449 e. The van der Waals surface area contributed by atoms with Crippen LogP contribution in [0.15, 0.2) is 16.1 Å². The van der Waals surface area contributed by atoms with Crippen LogP contribution in [-0.2, 0) is 0 Å². The average Bonchev–Trinajstić information content (AvgIpc) is 2.72. The predicted octanol–water partition coefficient (Wildman–Crippen LogP) is 2.92. The van der Waals surface area contributed by atoms with Crippen LogP contribution in [0.5, 0.6) is 0 Å².